The second-order valence-corrected chi connectivity index (χ2v) is 16.3. The molecule has 0 atom stereocenters. The molecule has 58 heavy (non-hydrogen) atoms. The summed E-state index contributed by atoms with van der Waals surface area (Å²) in [6, 6.07) is 78.4. The summed E-state index contributed by atoms with van der Waals surface area (Å²) in [6.07, 6.45) is 0. The van der Waals surface area contributed by atoms with Crippen LogP contribution in [0, 0.1) is 0 Å². The third-order valence-corrected chi connectivity index (χ3v) is 13.1. The van der Waals surface area contributed by atoms with Crippen molar-refractivity contribution in [2.45, 2.75) is 0 Å². The lowest BCUT2D eigenvalue weighted by atomic mass is 9.90. The first-order valence-electron chi connectivity index (χ1n) is 19.9. The molecule has 1 aromatic heterocycles. The van der Waals surface area contributed by atoms with Crippen LogP contribution in [0.1, 0.15) is 0 Å². The fourth-order valence-corrected chi connectivity index (χ4v) is 10.4. The van der Waals surface area contributed by atoms with Crippen LogP contribution in [0.4, 0.5) is 17.1 Å². The van der Waals surface area contributed by atoms with Crippen molar-refractivity contribution in [2.75, 3.05) is 4.90 Å². The molecule has 0 fully saturated rings. The normalized spacial score (nSPS) is 11.8. The van der Waals surface area contributed by atoms with Gasteiger partial charge in [0, 0.05) is 31.2 Å². The molecule has 0 aliphatic carbocycles. The Hall–Kier alpha value is -7.26. The highest BCUT2D eigenvalue weighted by molar-refractivity contribution is 7.26. The smallest absolute Gasteiger partial charge is 0.0555 e. The minimum Gasteiger partial charge on any atom is -0.309 e. The average Bonchev–Trinajstić information content (AvgIpc) is 3.66. The number of rotatable bonds is 5. The summed E-state index contributed by atoms with van der Waals surface area (Å²) < 4.78 is 2.58. The van der Waals surface area contributed by atoms with Crippen molar-refractivity contribution >= 4 is 102 Å². The van der Waals surface area contributed by atoms with Crippen molar-refractivity contribution in [3.05, 3.63) is 212 Å². The Kier molecular flexibility index (Phi) is 7.47. The van der Waals surface area contributed by atoms with Crippen molar-refractivity contribution in [1.29, 1.82) is 0 Å². The van der Waals surface area contributed by atoms with Crippen LogP contribution in [0.2, 0.25) is 0 Å². The van der Waals surface area contributed by atoms with Gasteiger partial charge >= 0.3 is 0 Å². The summed E-state index contributed by atoms with van der Waals surface area (Å²) in [5, 5.41) is 15.1. The van der Waals surface area contributed by atoms with E-state index >= 15 is 0 Å². The number of fused-ring (bicyclic) bond motifs is 9. The van der Waals surface area contributed by atoms with Gasteiger partial charge in [0.2, 0.25) is 0 Å². The van der Waals surface area contributed by atoms with E-state index in [9.17, 15) is 0 Å². The Bertz CT molecular complexity index is 3580. The lowest BCUT2D eigenvalue weighted by Gasteiger charge is -2.28. The number of anilines is 3. The number of thiophene rings is 1. The molecule has 0 saturated heterocycles. The van der Waals surface area contributed by atoms with Gasteiger partial charge in [-0.3, -0.25) is 0 Å². The summed E-state index contributed by atoms with van der Waals surface area (Å²) in [7, 11) is 0. The molecule has 0 unspecified atom stereocenters. The minimum absolute atomic E-state index is 1.12. The largest absolute Gasteiger partial charge is 0.309 e. The van der Waals surface area contributed by atoms with Gasteiger partial charge in [0.1, 0.15) is 0 Å². The minimum atomic E-state index is 1.12. The predicted octanol–water partition coefficient (Wildman–Crippen LogP) is 16.6. The molecule has 0 saturated carbocycles. The highest BCUT2D eigenvalue weighted by Crippen LogP contribution is 2.48. The highest BCUT2D eigenvalue weighted by Gasteiger charge is 2.22. The second kappa shape index (κ2) is 13.2. The van der Waals surface area contributed by atoms with Crippen LogP contribution in [0.15, 0.2) is 212 Å². The Morgan fingerprint density at radius 3 is 1.71 bits per heavy atom. The van der Waals surface area contributed by atoms with Crippen LogP contribution in [-0.4, -0.2) is 0 Å². The van der Waals surface area contributed by atoms with E-state index < -0.39 is 0 Å². The Labute approximate surface area is 340 Å². The number of hydrogen-bond acceptors (Lipinski definition) is 2. The third kappa shape index (κ3) is 5.23. The van der Waals surface area contributed by atoms with E-state index in [1.165, 1.54) is 102 Å². The fraction of sp³-hybridized carbons (Fsp3) is 0. The zero-order valence-electron chi connectivity index (χ0n) is 31.6. The summed E-state index contributed by atoms with van der Waals surface area (Å²) in [5.74, 6) is 0. The Morgan fingerprint density at radius 2 is 0.879 bits per heavy atom. The van der Waals surface area contributed by atoms with Gasteiger partial charge in [-0.15, -0.1) is 11.3 Å². The van der Waals surface area contributed by atoms with E-state index in [0.29, 0.717) is 0 Å². The maximum absolute atomic E-state index is 2.50. The monoisotopic (exact) mass is 753 g/mol. The first kappa shape index (κ1) is 32.9. The topological polar surface area (TPSA) is 3.24 Å². The molecule has 0 amide bonds. The van der Waals surface area contributed by atoms with Gasteiger partial charge in [-0.2, -0.15) is 0 Å². The SMILES string of the molecule is c1ccc2cc(-c3ccc(N(c4cccc5c(-c6cc7ccccc7c7ccccc67)cccc45)c4cccc5sc6cc7ccccc7cc6c45)cc3)ccc2c1. The Morgan fingerprint density at radius 1 is 0.293 bits per heavy atom. The van der Waals surface area contributed by atoms with Crippen molar-refractivity contribution < 1.29 is 0 Å². The zero-order valence-corrected chi connectivity index (χ0v) is 32.4. The third-order valence-electron chi connectivity index (χ3n) is 12.0. The van der Waals surface area contributed by atoms with Crippen LogP contribution >= 0.6 is 11.3 Å². The molecular weight excluding hydrogens is 719 g/mol. The van der Waals surface area contributed by atoms with E-state index in [2.05, 4.69) is 217 Å². The summed E-state index contributed by atoms with van der Waals surface area (Å²) >= 11 is 1.88. The van der Waals surface area contributed by atoms with E-state index in [0.717, 1.165) is 11.4 Å². The van der Waals surface area contributed by atoms with Gasteiger partial charge in [-0.05, 0) is 125 Å². The van der Waals surface area contributed by atoms with Gasteiger partial charge in [0.05, 0.1) is 11.4 Å². The number of benzene rings is 11. The van der Waals surface area contributed by atoms with Crippen LogP contribution in [-0.2, 0) is 0 Å². The van der Waals surface area contributed by atoms with Crippen molar-refractivity contribution in [3.8, 4) is 22.3 Å². The molecule has 2 heteroatoms. The molecule has 270 valence electrons. The predicted molar refractivity (Wildman–Crippen MR) is 252 cm³/mol. The maximum Gasteiger partial charge on any atom is 0.0555 e. The first-order valence-corrected chi connectivity index (χ1v) is 20.7. The highest BCUT2D eigenvalue weighted by atomic mass is 32.1. The quantitative estimate of drug-likeness (QED) is 0.158. The average molecular weight is 754 g/mol. The van der Waals surface area contributed by atoms with Crippen LogP contribution in [0.5, 0.6) is 0 Å². The van der Waals surface area contributed by atoms with E-state index in [1.807, 2.05) is 11.3 Å². The molecule has 0 aliphatic heterocycles. The number of nitrogens with zero attached hydrogens (tertiary/aromatic N) is 1. The fourth-order valence-electron chi connectivity index (χ4n) is 9.26. The van der Waals surface area contributed by atoms with E-state index in [-0.39, 0.29) is 0 Å². The molecule has 1 nitrogen and oxygen atoms in total. The summed E-state index contributed by atoms with van der Waals surface area (Å²) in [5.41, 5.74) is 8.34. The van der Waals surface area contributed by atoms with Crippen molar-refractivity contribution in [3.63, 3.8) is 0 Å². The zero-order chi connectivity index (χ0) is 38.2. The van der Waals surface area contributed by atoms with Gasteiger partial charge in [-0.1, -0.05) is 158 Å². The van der Waals surface area contributed by atoms with Crippen molar-refractivity contribution in [2.24, 2.45) is 0 Å². The molecule has 0 radical (unpaired) electrons. The van der Waals surface area contributed by atoms with Gasteiger partial charge in [-0.25, -0.2) is 0 Å². The second-order valence-electron chi connectivity index (χ2n) is 15.3. The first-order chi connectivity index (χ1) is 28.7. The van der Waals surface area contributed by atoms with Crippen molar-refractivity contribution in [1.82, 2.24) is 0 Å². The van der Waals surface area contributed by atoms with Crippen LogP contribution in [0.3, 0.4) is 0 Å². The van der Waals surface area contributed by atoms with Gasteiger partial charge < -0.3 is 4.90 Å². The lowest BCUT2D eigenvalue weighted by Crippen LogP contribution is -2.11. The molecule has 0 bridgehead atoms. The molecule has 11 aromatic carbocycles. The molecular formula is C56H35NS. The Balaban J connectivity index is 1.10. The van der Waals surface area contributed by atoms with Crippen LogP contribution < -0.4 is 4.90 Å². The van der Waals surface area contributed by atoms with Crippen LogP contribution in [0.25, 0.3) is 96.3 Å². The van der Waals surface area contributed by atoms with E-state index in [1.54, 1.807) is 0 Å². The lowest BCUT2D eigenvalue weighted by molar-refractivity contribution is 1.32. The van der Waals surface area contributed by atoms with E-state index in [4.69, 9.17) is 0 Å². The molecule has 12 aromatic rings. The molecule has 0 aliphatic rings. The molecule has 12 rings (SSSR count). The standard InChI is InChI=1S/C56H35NS/c1-2-13-38-32-41(27-26-36(38)12-1)37-28-30-43(31-29-37)57(53-24-11-25-54-56(53)51-33-39-14-3-4-15-40(39)35-55(51)58-54)52-23-10-21-46-48(20-9-22-49(46)52)50-34-42-16-5-6-17-44(42)45-18-7-8-19-47(45)50/h1-35H. The van der Waals surface area contributed by atoms with Gasteiger partial charge in [0.15, 0.2) is 0 Å². The van der Waals surface area contributed by atoms with Gasteiger partial charge in [0.25, 0.3) is 0 Å². The molecule has 0 N–H and O–H groups in total. The maximum atomic E-state index is 2.50. The molecule has 0 spiro atoms. The number of hydrogen-bond donors (Lipinski definition) is 0. The summed E-state index contributed by atoms with van der Waals surface area (Å²) in [6.45, 7) is 0. The summed E-state index contributed by atoms with van der Waals surface area (Å²) in [4.78, 5) is 2.50. The molecule has 1 heterocycles.